The maximum Gasteiger partial charge on any atom is 0.319 e. The summed E-state index contributed by atoms with van der Waals surface area (Å²) in [5.74, 6) is -0.0619. The first-order chi connectivity index (χ1) is 15.0. The van der Waals surface area contributed by atoms with Crippen LogP contribution >= 0.6 is 0 Å². The molecule has 0 spiro atoms. The van der Waals surface area contributed by atoms with Crippen LogP contribution in [-0.4, -0.2) is 39.5 Å². The summed E-state index contributed by atoms with van der Waals surface area (Å²) in [5.41, 5.74) is 4.99. The normalized spacial score (nSPS) is 14.0. The van der Waals surface area contributed by atoms with Crippen molar-refractivity contribution in [2.75, 3.05) is 11.9 Å². The maximum atomic E-state index is 12.5. The minimum Gasteiger partial charge on any atom is -0.349 e. The van der Waals surface area contributed by atoms with Gasteiger partial charge in [0, 0.05) is 23.8 Å². The second-order valence-electron chi connectivity index (χ2n) is 8.17. The lowest BCUT2D eigenvalue weighted by Gasteiger charge is -2.12. The van der Waals surface area contributed by atoms with Crippen molar-refractivity contribution in [3.63, 3.8) is 0 Å². The van der Waals surface area contributed by atoms with Gasteiger partial charge < -0.3 is 16.0 Å². The highest BCUT2D eigenvalue weighted by molar-refractivity contribution is 5.97. The summed E-state index contributed by atoms with van der Waals surface area (Å²) >= 11 is 0. The third-order valence-corrected chi connectivity index (χ3v) is 5.72. The summed E-state index contributed by atoms with van der Waals surface area (Å²) in [7, 11) is 0. The molecular formula is C23H28N6O2. The summed E-state index contributed by atoms with van der Waals surface area (Å²) in [6.07, 6.45) is 4.45. The second kappa shape index (κ2) is 9.16. The van der Waals surface area contributed by atoms with E-state index in [-0.39, 0.29) is 18.0 Å². The molecule has 1 aliphatic rings. The smallest absolute Gasteiger partial charge is 0.319 e. The Bertz CT molecular complexity index is 1100. The van der Waals surface area contributed by atoms with Gasteiger partial charge in [-0.25, -0.2) is 9.48 Å². The molecule has 162 valence electrons. The largest absolute Gasteiger partial charge is 0.349 e. The predicted octanol–water partition coefficient (Wildman–Crippen LogP) is 3.54. The molecule has 3 amide bonds. The van der Waals surface area contributed by atoms with Crippen LogP contribution in [0.25, 0.3) is 11.0 Å². The number of hydrogen-bond donors (Lipinski definition) is 3. The van der Waals surface area contributed by atoms with Crippen molar-refractivity contribution in [1.82, 2.24) is 25.6 Å². The molecular weight excluding hydrogens is 392 g/mol. The van der Waals surface area contributed by atoms with Gasteiger partial charge in [-0.05, 0) is 62.1 Å². The molecule has 8 nitrogen and oxygen atoms in total. The van der Waals surface area contributed by atoms with Crippen molar-refractivity contribution in [2.24, 2.45) is 0 Å². The maximum absolute atomic E-state index is 12.5. The lowest BCUT2D eigenvalue weighted by atomic mass is 10.1. The van der Waals surface area contributed by atoms with E-state index in [9.17, 15) is 9.59 Å². The Labute approximate surface area is 181 Å². The molecule has 0 saturated heterocycles. The highest BCUT2D eigenvalue weighted by atomic mass is 16.2. The van der Waals surface area contributed by atoms with E-state index in [0.29, 0.717) is 24.2 Å². The summed E-state index contributed by atoms with van der Waals surface area (Å²) in [6, 6.07) is 11.4. The van der Waals surface area contributed by atoms with Gasteiger partial charge in [0.1, 0.15) is 5.52 Å². The number of aryl methyl sites for hydroxylation is 2. The second-order valence-corrected chi connectivity index (χ2v) is 8.17. The van der Waals surface area contributed by atoms with Gasteiger partial charge in [0.25, 0.3) is 5.91 Å². The van der Waals surface area contributed by atoms with Crippen LogP contribution in [0.2, 0.25) is 0 Å². The monoisotopic (exact) mass is 420 g/mol. The van der Waals surface area contributed by atoms with Crippen molar-refractivity contribution in [1.29, 1.82) is 0 Å². The Hall–Kier alpha value is -3.42. The van der Waals surface area contributed by atoms with Crippen molar-refractivity contribution in [2.45, 2.75) is 52.1 Å². The number of aromatic nitrogens is 3. The van der Waals surface area contributed by atoms with E-state index >= 15 is 0 Å². The summed E-state index contributed by atoms with van der Waals surface area (Å²) in [4.78, 5) is 24.7. The molecule has 0 bridgehead atoms. The summed E-state index contributed by atoms with van der Waals surface area (Å²) in [5, 5.41) is 17.2. The molecule has 3 aromatic rings. The van der Waals surface area contributed by atoms with Gasteiger partial charge in [-0.15, -0.1) is 5.10 Å². The first-order valence-corrected chi connectivity index (χ1v) is 10.8. The summed E-state index contributed by atoms with van der Waals surface area (Å²) < 4.78 is 1.73. The Kier molecular flexibility index (Phi) is 6.16. The molecule has 1 heterocycles. The number of amides is 3. The van der Waals surface area contributed by atoms with E-state index in [2.05, 4.69) is 26.3 Å². The quantitative estimate of drug-likeness (QED) is 0.568. The molecule has 2 aromatic carbocycles. The Morgan fingerprint density at radius 2 is 1.90 bits per heavy atom. The molecule has 1 aromatic heterocycles. The van der Waals surface area contributed by atoms with E-state index in [0.717, 1.165) is 35.2 Å². The van der Waals surface area contributed by atoms with Crippen molar-refractivity contribution < 1.29 is 9.59 Å². The fraction of sp³-hybridized carbons (Fsp3) is 0.391. The molecule has 4 rings (SSSR count). The molecule has 0 aliphatic heterocycles. The van der Waals surface area contributed by atoms with Crippen molar-refractivity contribution in [3.8, 4) is 0 Å². The van der Waals surface area contributed by atoms with Gasteiger partial charge in [0.05, 0.1) is 12.1 Å². The Balaban J connectivity index is 1.33. The average molecular weight is 421 g/mol. The van der Waals surface area contributed by atoms with E-state index in [1.165, 1.54) is 12.8 Å². The number of carbonyl (C=O) groups excluding carboxylic acids is 2. The molecule has 1 aliphatic carbocycles. The number of hydrogen-bond acceptors (Lipinski definition) is 4. The van der Waals surface area contributed by atoms with Crippen molar-refractivity contribution >= 4 is 28.7 Å². The number of nitrogens with zero attached hydrogens (tertiary/aromatic N) is 3. The van der Waals surface area contributed by atoms with E-state index in [1.807, 2.05) is 38.1 Å². The molecule has 1 saturated carbocycles. The molecule has 8 heteroatoms. The van der Waals surface area contributed by atoms with Crippen LogP contribution in [0.3, 0.4) is 0 Å². The lowest BCUT2D eigenvalue weighted by molar-refractivity contribution is 0.0938. The standard InChI is InChI=1S/C23H28N6O2/c1-15-7-8-16(2)19(13-15)26-23(31)24-11-12-29-21-10-9-17(14-20(21)27-28-29)22(30)25-18-5-3-4-6-18/h7-10,13-14,18H,3-6,11-12H2,1-2H3,(H,25,30)(H2,24,26,31). The first kappa shape index (κ1) is 20.8. The molecule has 1 fully saturated rings. The zero-order valence-corrected chi connectivity index (χ0v) is 17.9. The summed E-state index contributed by atoms with van der Waals surface area (Å²) in [6.45, 7) is 4.82. The van der Waals surface area contributed by atoms with E-state index in [4.69, 9.17) is 0 Å². The average Bonchev–Trinajstić information content (AvgIpc) is 3.40. The molecule has 0 atom stereocenters. The van der Waals surface area contributed by atoms with Gasteiger partial charge >= 0.3 is 6.03 Å². The number of anilines is 1. The molecule has 31 heavy (non-hydrogen) atoms. The van der Waals surface area contributed by atoms with Gasteiger partial charge in [-0.3, -0.25) is 4.79 Å². The molecule has 0 radical (unpaired) electrons. The SMILES string of the molecule is Cc1ccc(C)c(NC(=O)NCCn2nnc3cc(C(=O)NC4CCCC4)ccc32)c1. The van der Waals surface area contributed by atoms with Crippen LogP contribution in [0.4, 0.5) is 10.5 Å². The van der Waals surface area contributed by atoms with Crippen LogP contribution in [0.15, 0.2) is 36.4 Å². The van der Waals surface area contributed by atoms with Crippen LogP contribution < -0.4 is 16.0 Å². The highest BCUT2D eigenvalue weighted by Gasteiger charge is 2.18. The topological polar surface area (TPSA) is 101 Å². The minimum atomic E-state index is -0.260. The lowest BCUT2D eigenvalue weighted by Crippen LogP contribution is -2.32. The Morgan fingerprint density at radius 3 is 2.71 bits per heavy atom. The number of fused-ring (bicyclic) bond motifs is 1. The van der Waals surface area contributed by atoms with E-state index in [1.54, 1.807) is 16.8 Å². The molecule has 0 unspecified atom stereocenters. The minimum absolute atomic E-state index is 0.0619. The highest BCUT2D eigenvalue weighted by Crippen LogP contribution is 2.19. The van der Waals surface area contributed by atoms with E-state index < -0.39 is 0 Å². The van der Waals surface area contributed by atoms with Gasteiger partial charge in [0.15, 0.2) is 0 Å². The van der Waals surface area contributed by atoms with Crippen LogP contribution in [0.1, 0.15) is 47.2 Å². The number of carbonyl (C=O) groups is 2. The Morgan fingerprint density at radius 1 is 1.10 bits per heavy atom. The number of benzene rings is 2. The van der Waals surface area contributed by atoms with Crippen LogP contribution in [0.5, 0.6) is 0 Å². The zero-order valence-electron chi connectivity index (χ0n) is 17.9. The predicted molar refractivity (Wildman–Crippen MR) is 120 cm³/mol. The van der Waals surface area contributed by atoms with Gasteiger partial charge in [-0.1, -0.05) is 30.2 Å². The van der Waals surface area contributed by atoms with Gasteiger partial charge in [-0.2, -0.15) is 0 Å². The van der Waals surface area contributed by atoms with Crippen LogP contribution in [0, 0.1) is 13.8 Å². The van der Waals surface area contributed by atoms with Gasteiger partial charge in [0.2, 0.25) is 0 Å². The molecule has 3 N–H and O–H groups in total. The number of urea groups is 1. The van der Waals surface area contributed by atoms with Crippen LogP contribution in [-0.2, 0) is 6.54 Å². The third-order valence-electron chi connectivity index (χ3n) is 5.72. The number of rotatable bonds is 6. The fourth-order valence-corrected chi connectivity index (χ4v) is 3.93. The van der Waals surface area contributed by atoms with Crippen molar-refractivity contribution in [3.05, 3.63) is 53.1 Å². The zero-order chi connectivity index (χ0) is 21.8. The fourth-order valence-electron chi connectivity index (χ4n) is 3.93. The number of nitrogens with one attached hydrogen (secondary N) is 3. The third kappa shape index (κ3) is 5.02. The first-order valence-electron chi connectivity index (χ1n) is 10.8.